The molecule has 1 atom stereocenters. The van der Waals surface area contributed by atoms with Crippen LogP contribution in [0, 0.1) is 25.2 Å². The van der Waals surface area contributed by atoms with E-state index in [1.54, 1.807) is 42.6 Å². The summed E-state index contributed by atoms with van der Waals surface area (Å²) in [5.74, 6) is 1.08. The second-order valence-corrected chi connectivity index (χ2v) is 17.4. The predicted molar refractivity (Wildman–Crippen MR) is 199 cm³/mol. The topological polar surface area (TPSA) is 140 Å². The van der Waals surface area contributed by atoms with Gasteiger partial charge in [-0.1, -0.05) is 45.0 Å². The van der Waals surface area contributed by atoms with Crippen LogP contribution in [0.1, 0.15) is 73.6 Å². The zero-order valence-corrected chi connectivity index (χ0v) is 31.5. The number of amides is 1. The maximum atomic E-state index is 14.6. The molecule has 2 aliphatic heterocycles. The van der Waals surface area contributed by atoms with Gasteiger partial charge in [0.05, 0.1) is 41.3 Å². The van der Waals surface area contributed by atoms with Crippen molar-refractivity contribution >= 4 is 27.7 Å². The SMILES string of the molecule is COCC1CC2(CCN2c2cncc(CN3C(=O)c4cccc(c4)S(=O)(=O)Nc4nc(cc(-c5c(C)cccc5C)n4)OC[C@H]3CC(C)(C)C)n2)C1. The second-order valence-electron chi connectivity index (χ2n) is 15.7. The summed E-state index contributed by atoms with van der Waals surface area (Å²) in [5, 5.41) is 0. The van der Waals surface area contributed by atoms with Gasteiger partial charge in [0, 0.05) is 43.0 Å². The van der Waals surface area contributed by atoms with Gasteiger partial charge in [-0.05, 0) is 80.2 Å². The Labute approximate surface area is 306 Å². The fourth-order valence-electron chi connectivity index (χ4n) is 8.01. The number of anilines is 2. The number of sulfonamides is 1. The number of ether oxygens (including phenoxy) is 2. The summed E-state index contributed by atoms with van der Waals surface area (Å²) in [5.41, 5.74) is 4.10. The van der Waals surface area contributed by atoms with Crippen molar-refractivity contribution < 1.29 is 22.7 Å². The summed E-state index contributed by atoms with van der Waals surface area (Å²) in [6, 6.07) is 13.3. The number of hydrogen-bond donors (Lipinski definition) is 1. The van der Waals surface area contributed by atoms with E-state index in [0.717, 1.165) is 54.9 Å². The van der Waals surface area contributed by atoms with Crippen molar-refractivity contribution in [2.75, 3.05) is 36.5 Å². The number of benzene rings is 2. The van der Waals surface area contributed by atoms with Gasteiger partial charge in [-0.3, -0.25) is 9.78 Å². The quantitative estimate of drug-likeness (QED) is 0.234. The summed E-state index contributed by atoms with van der Waals surface area (Å²) >= 11 is 0. The Morgan fingerprint density at radius 3 is 2.46 bits per heavy atom. The molecule has 4 heterocycles. The minimum atomic E-state index is -4.18. The number of aryl methyl sites for hydroxylation is 2. The minimum absolute atomic E-state index is 0.0781. The lowest BCUT2D eigenvalue weighted by Gasteiger charge is -2.62. The van der Waals surface area contributed by atoms with Crippen LogP contribution in [0.5, 0.6) is 5.88 Å². The predicted octanol–water partition coefficient (Wildman–Crippen LogP) is 6.20. The largest absolute Gasteiger partial charge is 0.475 e. The van der Waals surface area contributed by atoms with Crippen molar-refractivity contribution in [1.82, 2.24) is 24.8 Å². The van der Waals surface area contributed by atoms with Crippen LogP contribution in [0.2, 0.25) is 0 Å². The van der Waals surface area contributed by atoms with Crippen molar-refractivity contribution in [3.8, 4) is 17.1 Å². The van der Waals surface area contributed by atoms with Crippen molar-refractivity contribution in [2.24, 2.45) is 11.3 Å². The van der Waals surface area contributed by atoms with Gasteiger partial charge in [0.15, 0.2) is 0 Å². The average molecular weight is 726 g/mol. The molecule has 2 aromatic carbocycles. The van der Waals surface area contributed by atoms with E-state index in [-0.39, 0.29) is 52.3 Å². The van der Waals surface area contributed by atoms with Gasteiger partial charge < -0.3 is 19.3 Å². The fourth-order valence-corrected chi connectivity index (χ4v) is 9.00. The molecule has 12 nitrogen and oxygen atoms in total. The minimum Gasteiger partial charge on any atom is -0.475 e. The highest BCUT2D eigenvalue weighted by molar-refractivity contribution is 7.92. The summed E-state index contributed by atoms with van der Waals surface area (Å²) < 4.78 is 41.9. The molecular weight excluding hydrogens is 679 g/mol. The van der Waals surface area contributed by atoms with Gasteiger partial charge in [-0.15, -0.1) is 0 Å². The second kappa shape index (κ2) is 13.7. The van der Waals surface area contributed by atoms with E-state index in [2.05, 4.69) is 45.3 Å². The van der Waals surface area contributed by atoms with E-state index in [0.29, 0.717) is 23.7 Å². The van der Waals surface area contributed by atoms with Crippen LogP contribution in [0.25, 0.3) is 11.3 Å². The molecule has 1 amide bonds. The van der Waals surface area contributed by atoms with Gasteiger partial charge >= 0.3 is 0 Å². The highest BCUT2D eigenvalue weighted by Crippen LogP contribution is 2.52. The molecule has 1 saturated heterocycles. The molecule has 4 aromatic rings. The molecule has 52 heavy (non-hydrogen) atoms. The van der Waals surface area contributed by atoms with Crippen molar-refractivity contribution in [3.63, 3.8) is 0 Å². The van der Waals surface area contributed by atoms with Crippen LogP contribution in [-0.2, 0) is 21.3 Å². The third-order valence-corrected chi connectivity index (χ3v) is 11.7. The number of carbonyl (C=O) groups is 1. The van der Waals surface area contributed by atoms with Crippen LogP contribution >= 0.6 is 0 Å². The lowest BCUT2D eigenvalue weighted by atomic mass is 9.61. The number of aromatic nitrogens is 4. The van der Waals surface area contributed by atoms with Gasteiger partial charge in [0.25, 0.3) is 15.9 Å². The van der Waals surface area contributed by atoms with E-state index < -0.39 is 16.1 Å². The number of carbonyl (C=O) groups excluding carboxylic acids is 1. The van der Waals surface area contributed by atoms with Gasteiger partial charge in [-0.25, -0.2) is 23.1 Å². The van der Waals surface area contributed by atoms with Crippen molar-refractivity contribution in [3.05, 3.63) is 83.3 Å². The molecule has 1 spiro atoms. The number of fused-ring (bicyclic) bond motifs is 4. The monoisotopic (exact) mass is 725 g/mol. The van der Waals surface area contributed by atoms with E-state index in [1.807, 2.05) is 32.0 Å². The van der Waals surface area contributed by atoms with Crippen LogP contribution in [0.15, 0.2) is 65.8 Å². The van der Waals surface area contributed by atoms with Crippen molar-refractivity contribution in [2.45, 2.75) is 83.3 Å². The molecule has 13 heteroatoms. The molecule has 1 N–H and O–H groups in total. The number of nitrogens with zero attached hydrogens (tertiary/aromatic N) is 6. The zero-order chi connectivity index (χ0) is 36.8. The average Bonchev–Trinajstić information content (AvgIpc) is 3.05. The molecule has 3 aliphatic rings. The molecule has 274 valence electrons. The first kappa shape index (κ1) is 35.8. The Morgan fingerprint density at radius 2 is 1.77 bits per heavy atom. The molecule has 1 aliphatic carbocycles. The Morgan fingerprint density at radius 1 is 1.02 bits per heavy atom. The number of rotatable bonds is 7. The molecule has 7 rings (SSSR count). The van der Waals surface area contributed by atoms with Crippen LogP contribution in [0.4, 0.5) is 11.8 Å². The first-order chi connectivity index (χ1) is 24.7. The third-order valence-electron chi connectivity index (χ3n) is 10.4. The molecule has 0 unspecified atom stereocenters. The molecule has 2 fully saturated rings. The first-order valence-electron chi connectivity index (χ1n) is 17.8. The Hall–Kier alpha value is -4.62. The van der Waals surface area contributed by atoms with E-state index in [9.17, 15) is 13.2 Å². The lowest BCUT2D eigenvalue weighted by molar-refractivity contribution is 0.0213. The van der Waals surface area contributed by atoms with E-state index in [4.69, 9.17) is 14.5 Å². The van der Waals surface area contributed by atoms with E-state index >= 15 is 0 Å². The Kier molecular flexibility index (Phi) is 9.45. The first-order valence-corrected chi connectivity index (χ1v) is 19.3. The maximum absolute atomic E-state index is 14.6. The zero-order valence-electron chi connectivity index (χ0n) is 30.7. The normalized spacial score (nSPS) is 22.6. The molecule has 0 radical (unpaired) electrons. The highest BCUT2D eigenvalue weighted by atomic mass is 32.2. The highest BCUT2D eigenvalue weighted by Gasteiger charge is 2.54. The Bertz CT molecular complexity index is 2070. The summed E-state index contributed by atoms with van der Waals surface area (Å²) in [6.45, 7) is 12.2. The standard InChI is InChI=1S/C39H47N7O5S/c1-25-9-7-10-26(2)35(25)32-16-34-43-37(42-32)44-52(48,49)31-12-8-11-28(15-31)36(47)45(30(24-51-34)19-38(3,4)5)22-29-20-40-21-33(41-29)46-14-13-39(46)17-27(18-39)23-50-6/h7-12,15-16,20-21,27,30H,13-14,17-19,22-24H2,1-6H3,(H,42,43,44)/t27?,30-,39?/m1/s1. The molecule has 2 aromatic heterocycles. The lowest BCUT2D eigenvalue weighted by Crippen LogP contribution is -2.67. The fraction of sp³-hybridized carbons (Fsp3) is 0.462. The maximum Gasteiger partial charge on any atom is 0.264 e. The smallest absolute Gasteiger partial charge is 0.264 e. The molecule has 4 bridgehead atoms. The van der Waals surface area contributed by atoms with Crippen molar-refractivity contribution in [1.29, 1.82) is 0 Å². The Balaban J connectivity index is 1.28. The van der Waals surface area contributed by atoms with Crippen LogP contribution in [0.3, 0.4) is 0 Å². The summed E-state index contributed by atoms with van der Waals surface area (Å²) in [4.78, 5) is 37.4. The van der Waals surface area contributed by atoms with Crippen LogP contribution < -0.4 is 14.4 Å². The third kappa shape index (κ3) is 7.20. The summed E-state index contributed by atoms with van der Waals surface area (Å²) in [7, 11) is -2.44. The van der Waals surface area contributed by atoms with Gasteiger partial charge in [-0.2, -0.15) is 4.98 Å². The molecular formula is C39H47N7O5S. The van der Waals surface area contributed by atoms with E-state index in [1.165, 1.54) is 12.1 Å². The van der Waals surface area contributed by atoms with Gasteiger partial charge in [0.1, 0.15) is 12.4 Å². The molecule has 1 saturated carbocycles. The number of hydrogen-bond acceptors (Lipinski definition) is 10. The number of nitrogens with one attached hydrogen (secondary N) is 1. The van der Waals surface area contributed by atoms with Gasteiger partial charge in [0.2, 0.25) is 11.8 Å². The number of methoxy groups -OCH3 is 1. The van der Waals surface area contributed by atoms with Crippen LogP contribution in [-0.4, -0.2) is 77.6 Å². The summed E-state index contributed by atoms with van der Waals surface area (Å²) in [6.07, 6.45) is 7.32.